The van der Waals surface area contributed by atoms with E-state index in [1.165, 1.54) is 42.0 Å². The highest BCUT2D eigenvalue weighted by Crippen LogP contribution is 2.36. The number of likely N-dealkylation sites (tertiary alicyclic amines) is 1. The van der Waals surface area contributed by atoms with E-state index in [0.717, 1.165) is 25.7 Å². The van der Waals surface area contributed by atoms with E-state index < -0.39 is 11.9 Å². The van der Waals surface area contributed by atoms with Crippen LogP contribution < -0.4 is 11.1 Å². The maximum absolute atomic E-state index is 13.3. The number of nitrogens with two attached hydrogens (primary N) is 1. The van der Waals surface area contributed by atoms with Crippen molar-refractivity contribution < 1.29 is 18.8 Å². The molecular formula is C23H27FN4O3S. The molecule has 2 aromatic rings. The molecule has 1 saturated carbocycles. The van der Waals surface area contributed by atoms with Gasteiger partial charge in [-0.2, -0.15) is 0 Å². The van der Waals surface area contributed by atoms with Crippen LogP contribution in [0.5, 0.6) is 0 Å². The Morgan fingerprint density at radius 2 is 1.94 bits per heavy atom. The molecule has 170 valence electrons. The predicted octanol–water partition coefficient (Wildman–Crippen LogP) is 2.81. The van der Waals surface area contributed by atoms with Crippen molar-refractivity contribution in [2.75, 3.05) is 6.54 Å². The molecule has 0 bridgehead atoms. The number of nitrogens with zero attached hydrogens (tertiary/aromatic N) is 2. The van der Waals surface area contributed by atoms with Crippen LogP contribution in [-0.4, -0.2) is 46.6 Å². The van der Waals surface area contributed by atoms with E-state index in [1.54, 1.807) is 10.3 Å². The third-order valence-electron chi connectivity index (χ3n) is 6.48. The summed E-state index contributed by atoms with van der Waals surface area (Å²) < 4.78 is 13.2. The number of halogens is 1. The molecule has 32 heavy (non-hydrogen) atoms. The van der Waals surface area contributed by atoms with Crippen LogP contribution in [0.3, 0.4) is 0 Å². The van der Waals surface area contributed by atoms with Crippen molar-refractivity contribution >= 4 is 29.4 Å². The van der Waals surface area contributed by atoms with Gasteiger partial charge in [-0.1, -0.05) is 19.3 Å². The van der Waals surface area contributed by atoms with Crippen LogP contribution in [0.15, 0.2) is 29.6 Å². The third-order valence-corrected chi connectivity index (χ3v) is 7.42. The second-order valence-electron chi connectivity index (χ2n) is 8.55. The number of hydrogen-bond acceptors (Lipinski definition) is 6. The zero-order valence-corrected chi connectivity index (χ0v) is 18.5. The lowest BCUT2D eigenvalue weighted by molar-refractivity contribution is -0.135. The average Bonchev–Trinajstić information content (AvgIpc) is 3.46. The summed E-state index contributed by atoms with van der Waals surface area (Å²) in [6.07, 6.45) is 6.42. The number of nitrogens with one attached hydrogen (secondary N) is 1. The third kappa shape index (κ3) is 4.73. The normalized spacial score (nSPS) is 22.5. The van der Waals surface area contributed by atoms with Crippen LogP contribution in [0.4, 0.5) is 4.39 Å². The average molecular weight is 459 g/mol. The van der Waals surface area contributed by atoms with E-state index >= 15 is 0 Å². The molecule has 1 aromatic heterocycles. The number of benzene rings is 1. The van der Waals surface area contributed by atoms with Gasteiger partial charge in [-0.3, -0.25) is 14.4 Å². The van der Waals surface area contributed by atoms with Gasteiger partial charge in [0.05, 0.1) is 12.1 Å². The maximum Gasteiger partial charge on any atom is 0.240 e. The Kier molecular flexibility index (Phi) is 6.95. The fourth-order valence-electron chi connectivity index (χ4n) is 4.71. The Bertz CT molecular complexity index is 974. The first-order valence-electron chi connectivity index (χ1n) is 11.0. The van der Waals surface area contributed by atoms with Crippen molar-refractivity contribution in [3.63, 3.8) is 0 Å². The fraction of sp³-hybridized carbons (Fsp3) is 0.478. The van der Waals surface area contributed by atoms with Crippen LogP contribution in [0.2, 0.25) is 0 Å². The van der Waals surface area contributed by atoms with Crippen molar-refractivity contribution in [2.45, 2.75) is 56.7 Å². The van der Waals surface area contributed by atoms with E-state index in [0.29, 0.717) is 29.9 Å². The SMILES string of the molecule is NC(C(=O)N1CC(NC=O)CC1c1nc(C(=O)c2ccc(F)cc2)cs1)C1CCCCC1. The van der Waals surface area contributed by atoms with Crippen molar-refractivity contribution in [1.29, 1.82) is 0 Å². The number of rotatable bonds is 7. The minimum Gasteiger partial charge on any atom is -0.354 e. The topological polar surface area (TPSA) is 105 Å². The molecule has 1 aromatic carbocycles. The lowest BCUT2D eigenvalue weighted by Crippen LogP contribution is -2.48. The van der Waals surface area contributed by atoms with Crippen molar-refractivity contribution in [3.05, 3.63) is 51.7 Å². The van der Waals surface area contributed by atoms with Gasteiger partial charge in [-0.15, -0.1) is 11.3 Å². The zero-order chi connectivity index (χ0) is 22.7. The Hall–Kier alpha value is -2.65. The Morgan fingerprint density at radius 1 is 1.22 bits per heavy atom. The molecule has 3 N–H and O–H groups in total. The zero-order valence-electron chi connectivity index (χ0n) is 17.7. The summed E-state index contributed by atoms with van der Waals surface area (Å²) in [4.78, 5) is 43.3. The molecule has 2 aliphatic rings. The van der Waals surface area contributed by atoms with Crippen LogP contribution in [0.1, 0.15) is 65.6 Å². The van der Waals surface area contributed by atoms with Gasteiger partial charge in [0.1, 0.15) is 16.5 Å². The van der Waals surface area contributed by atoms with E-state index in [4.69, 9.17) is 5.73 Å². The summed E-state index contributed by atoms with van der Waals surface area (Å²) in [5.41, 5.74) is 7.00. The molecule has 1 aliphatic carbocycles. The molecule has 1 aliphatic heterocycles. The summed E-state index contributed by atoms with van der Waals surface area (Å²) in [7, 11) is 0. The monoisotopic (exact) mass is 458 g/mol. The Labute approximate surface area is 190 Å². The molecule has 2 amide bonds. The highest BCUT2D eigenvalue weighted by molar-refractivity contribution is 7.10. The predicted molar refractivity (Wildman–Crippen MR) is 119 cm³/mol. The molecule has 7 nitrogen and oxygen atoms in total. The minimum atomic E-state index is -0.576. The largest absolute Gasteiger partial charge is 0.354 e. The van der Waals surface area contributed by atoms with E-state index in [9.17, 15) is 18.8 Å². The maximum atomic E-state index is 13.3. The standard InChI is InChI=1S/C23H27FN4O3S/c24-16-8-6-15(7-9-16)21(30)18-12-32-22(27-18)19-10-17(26-13-29)11-28(19)23(31)20(25)14-4-2-1-3-5-14/h6-9,12-14,17,19-20H,1-5,10-11,25H2,(H,26,29). The van der Waals surface area contributed by atoms with Gasteiger partial charge >= 0.3 is 0 Å². The highest BCUT2D eigenvalue weighted by atomic mass is 32.1. The van der Waals surface area contributed by atoms with Crippen LogP contribution in [0.25, 0.3) is 0 Å². The van der Waals surface area contributed by atoms with Gasteiger partial charge in [-0.05, 0) is 49.4 Å². The minimum absolute atomic E-state index is 0.126. The fourth-order valence-corrected chi connectivity index (χ4v) is 5.63. The van der Waals surface area contributed by atoms with E-state index in [2.05, 4.69) is 10.3 Å². The number of aromatic nitrogens is 1. The molecule has 4 rings (SSSR count). The summed E-state index contributed by atoms with van der Waals surface area (Å²) in [6.45, 7) is 0.365. The molecule has 3 unspecified atom stereocenters. The number of ketones is 1. The Morgan fingerprint density at radius 3 is 2.62 bits per heavy atom. The van der Waals surface area contributed by atoms with Crippen LogP contribution in [0, 0.1) is 11.7 Å². The summed E-state index contributed by atoms with van der Waals surface area (Å²) in [5.74, 6) is -0.672. The lowest BCUT2D eigenvalue weighted by Gasteiger charge is -2.32. The quantitative estimate of drug-likeness (QED) is 0.490. The van der Waals surface area contributed by atoms with Crippen molar-refractivity contribution in [2.24, 2.45) is 11.7 Å². The second-order valence-corrected chi connectivity index (χ2v) is 9.44. The number of amides is 2. The summed E-state index contributed by atoms with van der Waals surface area (Å²) in [5, 5.41) is 5.06. The summed E-state index contributed by atoms with van der Waals surface area (Å²) >= 11 is 1.30. The first-order chi connectivity index (χ1) is 15.5. The molecule has 2 heterocycles. The first kappa shape index (κ1) is 22.5. The first-order valence-corrected chi connectivity index (χ1v) is 11.9. The van der Waals surface area contributed by atoms with E-state index in [1.807, 2.05) is 0 Å². The van der Waals surface area contributed by atoms with E-state index in [-0.39, 0.29) is 35.4 Å². The number of carbonyl (C=O) groups is 3. The summed E-state index contributed by atoms with van der Waals surface area (Å²) in [6, 6.07) is 4.20. The molecule has 3 atom stereocenters. The van der Waals surface area contributed by atoms with Gasteiger partial charge in [-0.25, -0.2) is 9.37 Å². The molecule has 0 radical (unpaired) electrons. The second kappa shape index (κ2) is 9.87. The Balaban J connectivity index is 1.54. The highest BCUT2D eigenvalue weighted by Gasteiger charge is 2.41. The van der Waals surface area contributed by atoms with Gasteiger partial charge in [0.25, 0.3) is 0 Å². The van der Waals surface area contributed by atoms with Gasteiger partial charge in [0.15, 0.2) is 0 Å². The van der Waals surface area contributed by atoms with Crippen LogP contribution in [-0.2, 0) is 9.59 Å². The molecule has 1 saturated heterocycles. The smallest absolute Gasteiger partial charge is 0.240 e. The molecule has 9 heteroatoms. The molecule has 2 fully saturated rings. The van der Waals surface area contributed by atoms with Crippen LogP contribution >= 0.6 is 11.3 Å². The molecular weight excluding hydrogens is 431 g/mol. The van der Waals surface area contributed by atoms with Crippen molar-refractivity contribution in [3.8, 4) is 0 Å². The number of thiazole rings is 1. The van der Waals surface area contributed by atoms with Gasteiger partial charge in [0.2, 0.25) is 18.1 Å². The van der Waals surface area contributed by atoms with Gasteiger partial charge < -0.3 is 16.0 Å². The lowest BCUT2D eigenvalue weighted by atomic mass is 9.83. The molecule has 0 spiro atoms. The number of carbonyl (C=O) groups excluding carboxylic acids is 3. The van der Waals surface area contributed by atoms with Crippen molar-refractivity contribution in [1.82, 2.24) is 15.2 Å². The number of hydrogen-bond donors (Lipinski definition) is 2. The van der Waals surface area contributed by atoms with Gasteiger partial charge in [0, 0.05) is 23.5 Å².